The fourth-order valence-electron chi connectivity index (χ4n) is 1.83. The lowest BCUT2D eigenvalue weighted by Gasteiger charge is -2.15. The zero-order valence-corrected chi connectivity index (χ0v) is 8.82. The van der Waals surface area contributed by atoms with Gasteiger partial charge in [0.2, 0.25) is 0 Å². The van der Waals surface area contributed by atoms with Gasteiger partial charge in [-0.25, -0.2) is 9.78 Å². The summed E-state index contributed by atoms with van der Waals surface area (Å²) in [7, 11) is 0. The average molecular weight is 237 g/mol. The van der Waals surface area contributed by atoms with Crippen molar-refractivity contribution in [2.75, 3.05) is 0 Å². The Kier molecular flexibility index (Phi) is 1.89. The van der Waals surface area contributed by atoms with Gasteiger partial charge in [-0.15, -0.1) is 11.3 Å². The Bertz CT molecular complexity index is 571. The van der Waals surface area contributed by atoms with Crippen molar-refractivity contribution in [3.05, 3.63) is 28.6 Å². The van der Waals surface area contributed by atoms with Crippen LogP contribution in [0.1, 0.15) is 27.0 Å². The molecular weight excluding hydrogens is 230 g/mol. The van der Waals surface area contributed by atoms with E-state index in [4.69, 9.17) is 9.52 Å². The van der Waals surface area contributed by atoms with Crippen LogP contribution < -0.4 is 0 Å². The molecule has 2 aromatic rings. The zero-order valence-electron chi connectivity index (χ0n) is 8.01. The summed E-state index contributed by atoms with van der Waals surface area (Å²) in [6.45, 7) is 0. The largest absolute Gasteiger partial charge is 0.477 e. The fourth-order valence-corrected chi connectivity index (χ4v) is 2.89. The maximum atomic E-state index is 10.9. The molecule has 3 rings (SSSR count). The molecule has 2 aromatic heterocycles. The molecule has 0 aromatic carbocycles. The van der Waals surface area contributed by atoms with Crippen LogP contribution in [0.25, 0.3) is 10.6 Å². The molecule has 1 aliphatic rings. The van der Waals surface area contributed by atoms with E-state index in [1.54, 1.807) is 0 Å². The monoisotopic (exact) mass is 237 g/mol. The van der Waals surface area contributed by atoms with E-state index < -0.39 is 12.1 Å². The first-order valence-corrected chi connectivity index (χ1v) is 5.46. The number of carboxylic acid groups (broad SMARTS) is 1. The third-order valence-electron chi connectivity index (χ3n) is 2.56. The number of carboxylic acids is 1. The molecule has 82 valence electrons. The molecule has 0 bridgehead atoms. The Morgan fingerprint density at radius 1 is 1.62 bits per heavy atom. The second kappa shape index (κ2) is 3.16. The number of aliphatic hydroxyl groups is 1. The van der Waals surface area contributed by atoms with E-state index in [-0.39, 0.29) is 4.88 Å². The highest BCUT2D eigenvalue weighted by Crippen LogP contribution is 2.43. The van der Waals surface area contributed by atoms with Crippen LogP contribution in [0.4, 0.5) is 0 Å². The Balaban J connectivity index is 2.23. The van der Waals surface area contributed by atoms with Crippen LogP contribution in [0.5, 0.6) is 0 Å². The van der Waals surface area contributed by atoms with Crippen molar-refractivity contribution in [1.82, 2.24) is 4.98 Å². The second-order valence-corrected chi connectivity index (χ2v) is 4.60. The minimum Gasteiger partial charge on any atom is -0.477 e. The van der Waals surface area contributed by atoms with E-state index >= 15 is 0 Å². The van der Waals surface area contributed by atoms with Gasteiger partial charge in [0.25, 0.3) is 0 Å². The average Bonchev–Trinajstić information content (AvgIpc) is 2.80. The molecule has 16 heavy (non-hydrogen) atoms. The summed E-state index contributed by atoms with van der Waals surface area (Å²) in [5.41, 5.74) is 1.30. The molecule has 0 spiro atoms. The summed E-state index contributed by atoms with van der Waals surface area (Å²) in [6.07, 6.45) is 0.985. The molecule has 1 aliphatic carbocycles. The Hall–Kier alpha value is -1.66. The Morgan fingerprint density at radius 3 is 3.19 bits per heavy atom. The van der Waals surface area contributed by atoms with E-state index in [0.717, 1.165) is 11.3 Å². The van der Waals surface area contributed by atoms with Crippen LogP contribution in [-0.2, 0) is 6.42 Å². The quantitative estimate of drug-likeness (QED) is 0.788. The van der Waals surface area contributed by atoms with Crippen molar-refractivity contribution in [1.29, 1.82) is 0 Å². The Labute approximate surface area is 94.0 Å². The van der Waals surface area contributed by atoms with Crippen molar-refractivity contribution < 1.29 is 19.4 Å². The normalized spacial score (nSPS) is 17.9. The van der Waals surface area contributed by atoms with Gasteiger partial charge in [0.1, 0.15) is 4.88 Å². The van der Waals surface area contributed by atoms with Gasteiger partial charge in [-0.1, -0.05) is 0 Å². The van der Waals surface area contributed by atoms with Crippen LogP contribution in [0.15, 0.2) is 16.9 Å². The predicted molar refractivity (Wildman–Crippen MR) is 55.4 cm³/mol. The molecule has 1 atom stereocenters. The van der Waals surface area contributed by atoms with Gasteiger partial charge in [-0.3, -0.25) is 0 Å². The zero-order chi connectivity index (χ0) is 11.3. The SMILES string of the molecule is O=C(O)c1cc2c(s1)-c1ocnc1CC2O. The molecule has 0 radical (unpaired) electrons. The molecule has 0 fully saturated rings. The number of carbonyl (C=O) groups is 1. The van der Waals surface area contributed by atoms with E-state index in [9.17, 15) is 9.90 Å². The van der Waals surface area contributed by atoms with Gasteiger partial charge in [-0.2, -0.15) is 0 Å². The number of hydrogen-bond donors (Lipinski definition) is 2. The number of hydrogen-bond acceptors (Lipinski definition) is 5. The first kappa shape index (κ1) is 9.56. The molecule has 0 aliphatic heterocycles. The number of aliphatic hydroxyl groups excluding tert-OH is 1. The number of fused-ring (bicyclic) bond motifs is 3. The van der Waals surface area contributed by atoms with E-state index in [1.807, 2.05) is 0 Å². The van der Waals surface area contributed by atoms with Crippen molar-refractivity contribution in [3.8, 4) is 10.6 Å². The highest BCUT2D eigenvalue weighted by molar-refractivity contribution is 7.17. The first-order valence-electron chi connectivity index (χ1n) is 4.64. The van der Waals surface area contributed by atoms with Crippen LogP contribution >= 0.6 is 11.3 Å². The second-order valence-electron chi connectivity index (χ2n) is 3.55. The summed E-state index contributed by atoms with van der Waals surface area (Å²) in [5.74, 6) is -0.412. The number of aromatic carboxylic acids is 1. The summed E-state index contributed by atoms with van der Waals surface area (Å²) >= 11 is 1.10. The number of thiophene rings is 1. The van der Waals surface area contributed by atoms with Crippen LogP contribution in [0.3, 0.4) is 0 Å². The minimum absolute atomic E-state index is 0.202. The topological polar surface area (TPSA) is 83.6 Å². The maximum Gasteiger partial charge on any atom is 0.345 e. The first-order chi connectivity index (χ1) is 7.66. The molecule has 2 N–H and O–H groups in total. The van der Waals surface area contributed by atoms with Gasteiger partial charge < -0.3 is 14.6 Å². The lowest BCUT2D eigenvalue weighted by atomic mass is 9.97. The molecule has 6 heteroatoms. The van der Waals surface area contributed by atoms with Crippen molar-refractivity contribution in [2.24, 2.45) is 0 Å². The molecule has 1 unspecified atom stereocenters. The predicted octanol–water partition coefficient (Wildman–Crippen LogP) is 1.69. The van der Waals surface area contributed by atoms with Crippen molar-refractivity contribution in [2.45, 2.75) is 12.5 Å². The van der Waals surface area contributed by atoms with Crippen LogP contribution in [0, 0.1) is 0 Å². The van der Waals surface area contributed by atoms with Gasteiger partial charge in [-0.05, 0) is 6.07 Å². The molecular formula is C10H7NO4S. The van der Waals surface area contributed by atoms with E-state index in [1.165, 1.54) is 12.5 Å². The molecule has 2 heterocycles. The summed E-state index contributed by atoms with van der Waals surface area (Å²) in [5, 5.41) is 18.8. The lowest BCUT2D eigenvalue weighted by molar-refractivity contribution is 0.0702. The highest BCUT2D eigenvalue weighted by Gasteiger charge is 2.30. The summed E-state index contributed by atoms with van der Waals surface area (Å²) in [6, 6.07) is 1.50. The third kappa shape index (κ3) is 1.20. The fraction of sp³-hybridized carbons (Fsp3) is 0.200. The Morgan fingerprint density at radius 2 is 2.44 bits per heavy atom. The number of rotatable bonds is 1. The summed E-state index contributed by atoms with van der Waals surface area (Å²) in [4.78, 5) is 15.7. The molecule has 0 saturated carbocycles. The van der Waals surface area contributed by atoms with Gasteiger partial charge >= 0.3 is 5.97 Å². The van der Waals surface area contributed by atoms with E-state index in [2.05, 4.69) is 4.98 Å². The van der Waals surface area contributed by atoms with Crippen LogP contribution in [-0.4, -0.2) is 21.2 Å². The highest BCUT2D eigenvalue weighted by atomic mass is 32.1. The van der Waals surface area contributed by atoms with Gasteiger partial charge in [0, 0.05) is 12.0 Å². The third-order valence-corrected chi connectivity index (χ3v) is 3.70. The number of aromatic nitrogens is 1. The van der Waals surface area contributed by atoms with E-state index in [0.29, 0.717) is 28.3 Å². The standard InChI is InChI=1S/C10H7NO4S/c12-6-2-5-8(15-3-11-5)9-4(6)1-7(16-9)10(13)14/h1,3,6,12H,2H2,(H,13,14). The maximum absolute atomic E-state index is 10.9. The smallest absolute Gasteiger partial charge is 0.345 e. The number of nitrogens with zero attached hydrogens (tertiary/aromatic N) is 1. The van der Waals surface area contributed by atoms with Crippen LogP contribution in [0.2, 0.25) is 0 Å². The van der Waals surface area contributed by atoms with Crippen molar-refractivity contribution >= 4 is 17.3 Å². The molecule has 0 saturated heterocycles. The van der Waals surface area contributed by atoms with Gasteiger partial charge in [0.05, 0.1) is 16.7 Å². The molecule has 0 amide bonds. The van der Waals surface area contributed by atoms with Crippen molar-refractivity contribution in [3.63, 3.8) is 0 Å². The number of oxazole rings is 1. The molecule has 5 nitrogen and oxygen atoms in total. The minimum atomic E-state index is -0.993. The lowest BCUT2D eigenvalue weighted by Crippen LogP contribution is -2.07. The van der Waals surface area contributed by atoms with Gasteiger partial charge in [0.15, 0.2) is 12.2 Å². The summed E-state index contributed by atoms with van der Waals surface area (Å²) < 4.78 is 5.22.